The summed E-state index contributed by atoms with van der Waals surface area (Å²) in [6.45, 7) is 0.0541. The number of aromatic nitrogens is 2. The molecule has 0 fully saturated rings. The van der Waals surface area contributed by atoms with E-state index in [0.29, 0.717) is 30.0 Å². The maximum Gasteiger partial charge on any atom is 0.310 e. The second kappa shape index (κ2) is 8.48. The first-order valence-corrected chi connectivity index (χ1v) is 12.4. The minimum absolute atomic E-state index is 0.0541. The molecule has 0 aliphatic heterocycles. The van der Waals surface area contributed by atoms with Crippen LogP contribution in [0.5, 0.6) is 11.6 Å². The van der Waals surface area contributed by atoms with Gasteiger partial charge in [-0.25, -0.2) is 4.98 Å². The van der Waals surface area contributed by atoms with Gasteiger partial charge in [0.25, 0.3) is 0 Å². The number of pyridine rings is 1. The predicted octanol–water partition coefficient (Wildman–Crippen LogP) is 4.19. The molecule has 170 valence electrons. The summed E-state index contributed by atoms with van der Waals surface area (Å²) in [5.41, 5.74) is 8.95. The number of hydrogen-bond donors (Lipinski definition) is 2. The van der Waals surface area contributed by atoms with Crippen LogP contribution < -0.4 is 15.3 Å². The largest absolute Gasteiger partial charge is 0.497 e. The Kier molecular flexibility index (Phi) is 5.64. The molecule has 0 saturated heterocycles. The van der Waals surface area contributed by atoms with E-state index in [2.05, 4.69) is 0 Å². The van der Waals surface area contributed by atoms with Gasteiger partial charge in [0, 0.05) is 21.7 Å². The van der Waals surface area contributed by atoms with Gasteiger partial charge in [-0.2, -0.15) is 0 Å². The maximum atomic E-state index is 12.2. The van der Waals surface area contributed by atoms with Crippen molar-refractivity contribution >= 4 is 50.4 Å². The molecular formula is C23H20ClN3O4S2. The van der Waals surface area contributed by atoms with E-state index >= 15 is 0 Å². The highest BCUT2D eigenvalue weighted by Crippen LogP contribution is 2.45. The van der Waals surface area contributed by atoms with Crippen LogP contribution in [0, 0.1) is 5.92 Å². The summed E-state index contributed by atoms with van der Waals surface area (Å²) >= 11 is 9.39. The molecule has 10 heteroatoms. The van der Waals surface area contributed by atoms with Crippen LogP contribution in [0.2, 0.25) is 5.02 Å². The van der Waals surface area contributed by atoms with Crippen molar-refractivity contribution in [2.75, 3.05) is 7.11 Å². The molecule has 0 radical (unpaired) electrons. The first-order valence-electron chi connectivity index (χ1n) is 10.3. The number of primary amides is 1. The van der Waals surface area contributed by atoms with Gasteiger partial charge < -0.3 is 15.6 Å². The van der Waals surface area contributed by atoms with Gasteiger partial charge in [0.15, 0.2) is 0 Å². The lowest BCUT2D eigenvalue weighted by Gasteiger charge is -2.20. The topological polar surface area (TPSA) is 107 Å². The number of benzene rings is 1. The number of thiophene rings is 1. The van der Waals surface area contributed by atoms with Crippen molar-refractivity contribution in [3.63, 3.8) is 0 Å². The number of nitrogens with zero attached hydrogens (tertiary/aromatic N) is 2. The standard InChI is InChI=1S/C23H20ClN3O4S2/c1-31-13-5-2-11(3-6-13)18-19-14-7-4-12(21(25)29)8-16(14)33-22(19)26-15(20(18)24)9-27-17(28)10-32-23(27)30/h2-3,5-6,10,12,28H,4,7-9H2,1H3,(H2,25,29)/t12-/m0/s1. The molecule has 0 bridgehead atoms. The van der Waals surface area contributed by atoms with E-state index in [1.807, 2.05) is 24.3 Å². The molecule has 1 aliphatic rings. The average Bonchev–Trinajstić information content (AvgIpc) is 3.33. The van der Waals surface area contributed by atoms with E-state index in [1.54, 1.807) is 7.11 Å². The van der Waals surface area contributed by atoms with E-state index in [0.717, 1.165) is 48.9 Å². The van der Waals surface area contributed by atoms with Crippen LogP contribution in [-0.2, 0) is 24.2 Å². The highest BCUT2D eigenvalue weighted by molar-refractivity contribution is 7.19. The summed E-state index contributed by atoms with van der Waals surface area (Å²) in [5.74, 6) is 0.134. The quantitative estimate of drug-likeness (QED) is 0.426. The summed E-state index contributed by atoms with van der Waals surface area (Å²) < 4.78 is 6.55. The molecule has 1 amide bonds. The number of carbonyl (C=O) groups is 1. The summed E-state index contributed by atoms with van der Waals surface area (Å²) in [7, 11) is 1.61. The van der Waals surface area contributed by atoms with E-state index in [-0.39, 0.29) is 29.1 Å². The molecule has 0 unspecified atom stereocenters. The molecule has 7 nitrogen and oxygen atoms in total. The van der Waals surface area contributed by atoms with Gasteiger partial charge in [0.2, 0.25) is 11.8 Å². The molecule has 0 spiro atoms. The fraction of sp³-hybridized carbons (Fsp3) is 0.261. The number of aryl methyl sites for hydroxylation is 1. The van der Waals surface area contributed by atoms with E-state index in [9.17, 15) is 14.7 Å². The third-order valence-corrected chi connectivity index (χ3v) is 8.36. The van der Waals surface area contributed by atoms with Gasteiger partial charge in [-0.1, -0.05) is 35.1 Å². The SMILES string of the molecule is COc1ccc(-c2c(Cl)c(Cn3c(O)csc3=O)nc3sc4c(c23)CC[C@H](C(N)=O)C4)cc1. The Hall–Kier alpha value is -2.88. The summed E-state index contributed by atoms with van der Waals surface area (Å²) in [4.78, 5) is 30.4. The monoisotopic (exact) mass is 501 g/mol. The summed E-state index contributed by atoms with van der Waals surface area (Å²) in [6.07, 6.45) is 1.99. The van der Waals surface area contributed by atoms with Gasteiger partial charge in [0.05, 0.1) is 29.8 Å². The zero-order valence-electron chi connectivity index (χ0n) is 17.6. The first kappa shape index (κ1) is 21.9. The molecule has 3 N–H and O–H groups in total. The first-order chi connectivity index (χ1) is 15.9. The zero-order valence-corrected chi connectivity index (χ0v) is 20.0. The van der Waals surface area contributed by atoms with E-state index in [4.69, 9.17) is 27.1 Å². The van der Waals surface area contributed by atoms with Crippen LogP contribution in [-0.4, -0.2) is 27.7 Å². The molecule has 1 aromatic carbocycles. The highest BCUT2D eigenvalue weighted by Gasteiger charge is 2.29. The number of carbonyl (C=O) groups excluding carboxylic acids is 1. The Morgan fingerprint density at radius 2 is 2.12 bits per heavy atom. The van der Waals surface area contributed by atoms with E-state index < -0.39 is 0 Å². The zero-order chi connectivity index (χ0) is 23.3. The van der Waals surface area contributed by atoms with Gasteiger partial charge in [-0.3, -0.25) is 14.2 Å². The maximum absolute atomic E-state index is 12.2. The lowest BCUT2D eigenvalue weighted by Crippen LogP contribution is -2.27. The van der Waals surface area contributed by atoms with Crippen molar-refractivity contribution in [1.29, 1.82) is 0 Å². The number of amides is 1. The Morgan fingerprint density at radius 1 is 1.36 bits per heavy atom. The Bertz CT molecular complexity index is 1440. The van der Waals surface area contributed by atoms with Crippen LogP contribution in [0.4, 0.5) is 0 Å². The minimum Gasteiger partial charge on any atom is -0.497 e. The van der Waals surface area contributed by atoms with Crippen molar-refractivity contribution in [2.45, 2.75) is 25.8 Å². The second-order valence-corrected chi connectivity index (χ2v) is 10.2. The number of aromatic hydroxyl groups is 1. The van der Waals surface area contributed by atoms with Crippen LogP contribution in [0.25, 0.3) is 21.3 Å². The number of rotatable bonds is 5. The van der Waals surface area contributed by atoms with Gasteiger partial charge in [0.1, 0.15) is 10.6 Å². The Balaban J connectivity index is 1.74. The molecular weight excluding hydrogens is 482 g/mol. The van der Waals surface area contributed by atoms with Crippen molar-refractivity contribution in [3.05, 3.63) is 60.5 Å². The smallest absolute Gasteiger partial charge is 0.310 e. The Labute approximate surface area is 202 Å². The third kappa shape index (κ3) is 3.80. The molecule has 3 heterocycles. The van der Waals surface area contributed by atoms with Crippen LogP contribution in [0.3, 0.4) is 0 Å². The minimum atomic E-state index is -0.286. The fourth-order valence-corrected chi connectivity index (χ4v) is 6.58. The highest BCUT2D eigenvalue weighted by atomic mass is 35.5. The number of hydrogen-bond acceptors (Lipinski definition) is 7. The van der Waals surface area contributed by atoms with Crippen molar-refractivity contribution in [1.82, 2.24) is 9.55 Å². The number of halogens is 1. The van der Waals surface area contributed by atoms with Crippen LogP contribution in [0.15, 0.2) is 34.4 Å². The molecule has 33 heavy (non-hydrogen) atoms. The van der Waals surface area contributed by atoms with Gasteiger partial charge >= 0.3 is 4.87 Å². The lowest BCUT2D eigenvalue weighted by atomic mass is 9.86. The average molecular weight is 502 g/mol. The van der Waals surface area contributed by atoms with Crippen LogP contribution >= 0.6 is 34.3 Å². The van der Waals surface area contributed by atoms with Gasteiger partial charge in [-0.15, -0.1) is 11.3 Å². The molecule has 1 aliphatic carbocycles. The molecule has 4 aromatic rings. The third-order valence-electron chi connectivity index (χ3n) is 6.06. The van der Waals surface area contributed by atoms with Crippen molar-refractivity contribution < 1.29 is 14.6 Å². The van der Waals surface area contributed by atoms with Gasteiger partial charge in [-0.05, 0) is 42.5 Å². The Morgan fingerprint density at radius 3 is 2.76 bits per heavy atom. The predicted molar refractivity (Wildman–Crippen MR) is 131 cm³/mol. The number of thiazole rings is 1. The van der Waals surface area contributed by atoms with Crippen LogP contribution in [0.1, 0.15) is 22.6 Å². The molecule has 5 rings (SSSR count). The summed E-state index contributed by atoms with van der Waals surface area (Å²) in [5, 5.41) is 12.9. The number of methoxy groups -OCH3 is 1. The molecule has 1 atom stereocenters. The number of ether oxygens (including phenoxy) is 1. The number of fused-ring (bicyclic) bond motifs is 3. The lowest BCUT2D eigenvalue weighted by molar-refractivity contribution is -0.122. The molecule has 3 aromatic heterocycles. The van der Waals surface area contributed by atoms with Crippen molar-refractivity contribution in [2.24, 2.45) is 11.7 Å². The molecule has 0 saturated carbocycles. The van der Waals surface area contributed by atoms with Crippen molar-refractivity contribution in [3.8, 4) is 22.8 Å². The summed E-state index contributed by atoms with van der Waals surface area (Å²) in [6, 6.07) is 7.62. The van der Waals surface area contributed by atoms with E-state index in [1.165, 1.54) is 21.3 Å². The fourth-order valence-electron chi connectivity index (χ4n) is 4.33. The second-order valence-electron chi connectivity index (χ2n) is 7.95. The normalized spacial score (nSPS) is 15.5. The number of nitrogens with two attached hydrogens (primary N) is 1.